The van der Waals surface area contributed by atoms with E-state index in [4.69, 9.17) is 14.5 Å². The Bertz CT molecular complexity index is 5300. The molecule has 12 aromatic rings. The first-order chi connectivity index (χ1) is 54.3. The number of nitrogens with one attached hydrogen (secondary N) is 2. The molecular weight excluding hydrogens is 1480 g/mol. The highest BCUT2D eigenvalue weighted by atomic mass is 31.1. The number of fused-ring (bicyclic) bond motifs is 1. The highest BCUT2D eigenvalue weighted by Crippen LogP contribution is 2.53. The molecule has 2 N–H and O–H groups in total. The molecule has 8 nitrogen and oxygen atoms in total. The van der Waals surface area contributed by atoms with Gasteiger partial charge in [0.15, 0.2) is 0 Å². The summed E-state index contributed by atoms with van der Waals surface area (Å²) in [6.45, 7) is 17.3. The van der Waals surface area contributed by atoms with E-state index in [2.05, 4.69) is 224 Å². The van der Waals surface area contributed by atoms with Crippen molar-refractivity contribution in [1.29, 1.82) is 0 Å². The number of hydrogen-bond donors (Lipinski definition) is 2. The van der Waals surface area contributed by atoms with Crippen LogP contribution in [0.25, 0.3) is 0 Å². The summed E-state index contributed by atoms with van der Waals surface area (Å²) in [5.41, 5.74) is 7.54. The Morgan fingerprint density at radius 2 is 0.681 bits per heavy atom. The maximum absolute atomic E-state index is 14.7. The highest BCUT2D eigenvalue weighted by molar-refractivity contribution is 7.80. The molecule has 0 spiro atoms. The zero-order valence-electron chi connectivity index (χ0n) is 64.0. The van der Waals surface area contributed by atoms with Crippen molar-refractivity contribution in [3.63, 3.8) is 0 Å². The van der Waals surface area contributed by atoms with Gasteiger partial charge in [-0.05, 0) is 166 Å². The summed E-state index contributed by atoms with van der Waals surface area (Å²) in [5, 5.41) is 16.2. The minimum Gasteiger partial charge on any atom is -0.475 e. The summed E-state index contributed by atoms with van der Waals surface area (Å²) in [6, 6.07) is 98.6. The molecule has 3 aliphatic carbocycles. The molecule has 17 rings (SSSR count). The fourth-order valence-corrected chi connectivity index (χ4v) is 22.4. The number of carbonyl (C=O) groups excluding carboxylic acids is 2. The number of aliphatic imine (C=N–C) groups is 2. The van der Waals surface area contributed by atoms with Crippen LogP contribution in [0, 0.1) is 24.7 Å². The van der Waals surface area contributed by atoms with E-state index in [0.29, 0.717) is 28.3 Å². The number of ether oxygens (including phenoxy) is 2. The first-order valence-corrected chi connectivity index (χ1v) is 41.8. The summed E-state index contributed by atoms with van der Waals surface area (Å²) < 4.78 is 92.8. The van der Waals surface area contributed by atoms with Gasteiger partial charge in [0.2, 0.25) is 11.8 Å². The summed E-state index contributed by atoms with van der Waals surface area (Å²) in [6.07, 6.45) is -9.09. The van der Waals surface area contributed by atoms with Crippen LogP contribution in [0.4, 0.5) is 26.3 Å². The minimum absolute atomic E-state index is 0.0975. The van der Waals surface area contributed by atoms with E-state index in [0.717, 1.165) is 57.5 Å². The van der Waals surface area contributed by atoms with Crippen LogP contribution in [0.3, 0.4) is 0 Å². The quantitative estimate of drug-likeness (QED) is 0.0789. The lowest BCUT2D eigenvalue weighted by atomic mass is 9.59. The number of aryl methyl sites for hydroxylation is 2. The summed E-state index contributed by atoms with van der Waals surface area (Å²) >= 11 is 0. The third kappa shape index (κ3) is 17.5. The van der Waals surface area contributed by atoms with Crippen molar-refractivity contribution in [1.82, 2.24) is 10.6 Å². The van der Waals surface area contributed by atoms with Crippen LogP contribution in [0.2, 0.25) is 0 Å². The smallest absolute Gasteiger partial charge is 0.416 e. The molecule has 12 aromatic carbocycles. The van der Waals surface area contributed by atoms with Crippen molar-refractivity contribution < 1.29 is 45.4 Å². The monoisotopic (exact) mass is 1570 g/mol. The number of benzene rings is 12. The molecule has 572 valence electrons. The number of carbonyl (C=O) groups is 2. The molecule has 2 amide bonds. The number of nitrogens with zero attached hydrogens (tertiary/aromatic N) is 2. The van der Waals surface area contributed by atoms with Crippen LogP contribution in [0.15, 0.2) is 319 Å². The average Bonchev–Trinajstić information content (AvgIpc) is 1.02. The molecule has 0 aromatic heterocycles. The van der Waals surface area contributed by atoms with Gasteiger partial charge in [-0.1, -0.05) is 314 Å². The average molecular weight is 1570 g/mol. The van der Waals surface area contributed by atoms with Crippen molar-refractivity contribution in [2.75, 3.05) is 13.2 Å². The summed E-state index contributed by atoms with van der Waals surface area (Å²) in [7, 11) is -3.22. The molecule has 1 unspecified atom stereocenters. The summed E-state index contributed by atoms with van der Waals surface area (Å²) in [4.78, 5) is 38.3. The molecular formula is C96H87F6N4O4P3. The van der Waals surface area contributed by atoms with Gasteiger partial charge in [-0.15, -0.1) is 0 Å². The largest absolute Gasteiger partial charge is 0.475 e. The Labute approximate surface area is 661 Å². The standard InChI is InChI=1S/C43H35N2O2P.C28H26F6NOP.C25H26NOP/c1-28-16-8-9-21-31(28)42(46)44-40-38-32-22-10-12-24-34(32)39(35-25-13-11-23-33(35)38)41(40)45-43(47)36-26-14-15-27-37(36)48(29-17-4-2-5-18-29)30-19-6-3-7-20-30;1-17-5-10-20(11-6-17)37(21-12-7-18(8-13-21)27(29,30)31)23-14-9-19(28(32,33)34)15-22(23)25-35-24(16-36-25)26(2,3)4;1-25(2,3)23-18-27-24(26-23)21-16-10-11-17-22(21)28(19-12-6-4-7-13-19)20-14-8-5-9-15-20/h2-27,38-41H,1H3,(H,44,46)(H,45,47);5-15,24H,16H2,1-4H3;4-17,23H,18H2,1-3H3/t38?,39?,40-,41-;24-,37?;23-/m111/s1. The van der Waals surface area contributed by atoms with Gasteiger partial charge >= 0.3 is 12.4 Å². The fourth-order valence-electron chi connectivity index (χ4n) is 15.1. The fraction of sp³-hybridized carbons (Fsp3) is 0.208. The van der Waals surface area contributed by atoms with E-state index in [-0.39, 0.29) is 76.7 Å². The van der Waals surface area contributed by atoms with Crippen LogP contribution in [0.5, 0.6) is 0 Å². The maximum Gasteiger partial charge on any atom is 0.416 e. The van der Waals surface area contributed by atoms with Crippen LogP contribution in [0.1, 0.15) is 130 Å². The predicted molar refractivity (Wildman–Crippen MR) is 452 cm³/mol. The van der Waals surface area contributed by atoms with E-state index in [1.165, 1.54) is 67.0 Å². The Morgan fingerprint density at radius 1 is 0.354 bits per heavy atom. The number of hydrogen-bond acceptors (Lipinski definition) is 6. The molecule has 17 heteroatoms. The zero-order valence-corrected chi connectivity index (χ0v) is 66.6. The van der Waals surface area contributed by atoms with E-state index in [1.54, 1.807) is 0 Å². The van der Waals surface area contributed by atoms with Gasteiger partial charge in [0.1, 0.15) is 13.2 Å². The normalized spacial score (nSPS) is 17.8. The van der Waals surface area contributed by atoms with Gasteiger partial charge in [0.05, 0.1) is 35.3 Å². The Hall–Kier alpha value is -10.6. The Balaban J connectivity index is 0.000000146. The number of halogens is 6. The molecule has 2 bridgehead atoms. The predicted octanol–water partition coefficient (Wildman–Crippen LogP) is 18.6. The highest BCUT2D eigenvalue weighted by Gasteiger charge is 2.51. The second-order valence-electron chi connectivity index (χ2n) is 30.8. The number of alkyl halides is 6. The first kappa shape index (κ1) is 79.1. The summed E-state index contributed by atoms with van der Waals surface area (Å²) in [5.74, 6) is 0.416. The zero-order chi connectivity index (χ0) is 79.3. The Morgan fingerprint density at radius 3 is 1.10 bits per heavy atom. The van der Waals surface area contributed by atoms with Crippen molar-refractivity contribution >= 4 is 95.1 Å². The van der Waals surface area contributed by atoms with Crippen molar-refractivity contribution in [2.24, 2.45) is 20.8 Å². The van der Waals surface area contributed by atoms with Crippen LogP contribution in [-0.2, 0) is 21.8 Å². The third-order valence-electron chi connectivity index (χ3n) is 21.1. The van der Waals surface area contributed by atoms with E-state index in [1.807, 2.05) is 113 Å². The van der Waals surface area contributed by atoms with Gasteiger partial charge in [0, 0.05) is 34.1 Å². The van der Waals surface area contributed by atoms with Crippen molar-refractivity contribution in [3.8, 4) is 0 Å². The van der Waals surface area contributed by atoms with Crippen LogP contribution in [-0.4, -0.2) is 61.0 Å². The van der Waals surface area contributed by atoms with Crippen LogP contribution >= 0.6 is 23.8 Å². The van der Waals surface area contributed by atoms with Gasteiger partial charge in [-0.2, -0.15) is 26.3 Å². The molecule has 0 radical (unpaired) electrons. The number of rotatable bonds is 15. The van der Waals surface area contributed by atoms with Gasteiger partial charge in [-0.25, -0.2) is 9.98 Å². The van der Waals surface area contributed by atoms with Gasteiger partial charge in [-0.3, -0.25) is 9.59 Å². The third-order valence-corrected chi connectivity index (χ3v) is 28.6. The number of amides is 2. The molecule has 0 saturated heterocycles. The molecule has 2 heterocycles. The molecule has 113 heavy (non-hydrogen) atoms. The SMILES string of the molecule is CC(C)(C)[C@H]1COC(c2ccccc2P(c2ccccc2)c2ccccc2)=N1.Cc1ccc(P(c2ccc(C(F)(F)F)cc2)c2ccc(C(F)(F)F)cc2C2=N[C@@H](C(C)(C)C)CO2)cc1.Cc1ccccc1C(=O)N[C@@H]1C2c3ccccc3C(c3ccccc32)[C@H]1NC(=O)c1ccccc1P(c1ccccc1)c1ccccc1. The molecule has 5 aliphatic rings. The minimum atomic E-state index is -4.59. The lowest BCUT2D eigenvalue weighted by Crippen LogP contribution is -2.62. The second kappa shape index (κ2) is 33.6. The molecule has 5 atom stereocenters. The van der Waals surface area contributed by atoms with Crippen molar-refractivity contribution in [3.05, 3.63) is 376 Å². The lowest BCUT2D eigenvalue weighted by Gasteiger charge is -2.51. The first-order valence-electron chi connectivity index (χ1n) is 37.8. The van der Waals surface area contributed by atoms with Crippen molar-refractivity contribution in [2.45, 2.75) is 104 Å². The Kier molecular flexibility index (Phi) is 23.5. The van der Waals surface area contributed by atoms with Gasteiger partial charge in [0.25, 0.3) is 11.8 Å². The van der Waals surface area contributed by atoms with E-state index < -0.39 is 47.2 Å². The van der Waals surface area contributed by atoms with Crippen LogP contribution < -0.4 is 58.4 Å². The van der Waals surface area contributed by atoms with E-state index in [9.17, 15) is 35.9 Å². The molecule has 0 saturated carbocycles. The van der Waals surface area contributed by atoms with Gasteiger partial charge < -0.3 is 20.1 Å². The second-order valence-corrected chi connectivity index (χ2v) is 37.3. The molecule has 0 fully saturated rings. The lowest BCUT2D eigenvalue weighted by molar-refractivity contribution is -0.138. The topological polar surface area (TPSA) is 101 Å². The molecule has 2 aliphatic heterocycles. The maximum atomic E-state index is 14.7. The van der Waals surface area contributed by atoms with E-state index >= 15 is 0 Å².